The largest absolute Gasteiger partial charge is 0.352 e. The highest BCUT2D eigenvalue weighted by Crippen LogP contribution is 2.18. The lowest BCUT2D eigenvalue weighted by Crippen LogP contribution is -2.35. The van der Waals surface area contributed by atoms with E-state index in [4.69, 9.17) is 11.6 Å². The Balaban J connectivity index is 2.05. The van der Waals surface area contributed by atoms with E-state index in [0.717, 1.165) is 19.0 Å². The standard InChI is InChI=1S/C11H13ClFN3/c1-16-6-5-14-11(16)15-7-8-9(12)3-2-4-10(8)13/h2-4H,5-7H2,1H3,(H,14,15). The molecular formula is C11H13ClFN3. The molecule has 0 aliphatic carbocycles. The van der Waals surface area contributed by atoms with Crippen LogP contribution in [0.25, 0.3) is 0 Å². The Labute approximate surface area is 98.9 Å². The zero-order valence-corrected chi connectivity index (χ0v) is 9.76. The van der Waals surface area contributed by atoms with Gasteiger partial charge in [-0.25, -0.2) is 4.39 Å². The van der Waals surface area contributed by atoms with Gasteiger partial charge in [-0.15, -0.1) is 0 Å². The zero-order chi connectivity index (χ0) is 11.5. The number of guanidine groups is 1. The highest BCUT2D eigenvalue weighted by atomic mass is 35.5. The van der Waals surface area contributed by atoms with Crippen LogP contribution in [0.15, 0.2) is 23.2 Å². The summed E-state index contributed by atoms with van der Waals surface area (Å²) in [6.07, 6.45) is 0. The second-order valence-electron chi connectivity index (χ2n) is 3.68. The average Bonchev–Trinajstić information content (AvgIpc) is 2.64. The molecule has 86 valence electrons. The highest BCUT2D eigenvalue weighted by Gasteiger charge is 2.13. The van der Waals surface area contributed by atoms with Crippen molar-refractivity contribution in [3.05, 3.63) is 34.6 Å². The van der Waals surface area contributed by atoms with Crippen LogP contribution in [0.2, 0.25) is 5.02 Å². The van der Waals surface area contributed by atoms with Gasteiger partial charge in [-0.1, -0.05) is 17.7 Å². The van der Waals surface area contributed by atoms with Crippen LogP contribution in [0, 0.1) is 5.82 Å². The van der Waals surface area contributed by atoms with Crippen LogP contribution < -0.4 is 5.32 Å². The van der Waals surface area contributed by atoms with Gasteiger partial charge in [-0.2, -0.15) is 0 Å². The number of likely N-dealkylation sites (N-methyl/N-ethyl adjacent to an activating group) is 1. The quantitative estimate of drug-likeness (QED) is 0.856. The Bertz CT molecular complexity index is 399. The van der Waals surface area contributed by atoms with Crippen LogP contribution in [-0.4, -0.2) is 31.0 Å². The Kier molecular flexibility index (Phi) is 3.29. The van der Waals surface area contributed by atoms with Gasteiger partial charge in [0.25, 0.3) is 0 Å². The summed E-state index contributed by atoms with van der Waals surface area (Å²) in [4.78, 5) is 6.25. The van der Waals surface area contributed by atoms with Crippen LogP contribution >= 0.6 is 11.6 Å². The molecule has 2 rings (SSSR count). The van der Waals surface area contributed by atoms with E-state index in [1.165, 1.54) is 6.07 Å². The third-order valence-electron chi connectivity index (χ3n) is 2.54. The Morgan fingerprint density at radius 2 is 2.38 bits per heavy atom. The van der Waals surface area contributed by atoms with Gasteiger partial charge in [0.1, 0.15) is 5.82 Å². The molecule has 0 unspecified atom stereocenters. The Morgan fingerprint density at radius 3 is 3.00 bits per heavy atom. The van der Waals surface area contributed by atoms with E-state index in [9.17, 15) is 4.39 Å². The normalized spacial score (nSPS) is 15.2. The van der Waals surface area contributed by atoms with Crippen molar-refractivity contribution in [1.82, 2.24) is 10.2 Å². The molecule has 0 bridgehead atoms. The minimum atomic E-state index is -0.291. The maximum atomic E-state index is 13.4. The predicted octanol–water partition coefficient (Wildman–Crippen LogP) is 1.87. The topological polar surface area (TPSA) is 27.6 Å². The third-order valence-corrected chi connectivity index (χ3v) is 2.90. The van der Waals surface area contributed by atoms with Crippen molar-refractivity contribution >= 4 is 17.6 Å². The van der Waals surface area contributed by atoms with E-state index in [0.29, 0.717) is 17.1 Å². The van der Waals surface area contributed by atoms with Crippen LogP contribution in [0.5, 0.6) is 0 Å². The molecule has 1 heterocycles. The summed E-state index contributed by atoms with van der Waals surface area (Å²) >= 11 is 5.92. The minimum Gasteiger partial charge on any atom is -0.352 e. The summed E-state index contributed by atoms with van der Waals surface area (Å²) in [6.45, 7) is 2.03. The van der Waals surface area contributed by atoms with E-state index < -0.39 is 0 Å². The lowest BCUT2D eigenvalue weighted by molar-refractivity contribution is 0.531. The summed E-state index contributed by atoms with van der Waals surface area (Å²) in [5.74, 6) is 0.501. The molecule has 0 saturated heterocycles. The predicted molar refractivity (Wildman–Crippen MR) is 63.2 cm³/mol. The fourth-order valence-electron chi connectivity index (χ4n) is 1.59. The third kappa shape index (κ3) is 2.27. The summed E-state index contributed by atoms with van der Waals surface area (Å²) in [5, 5.41) is 3.52. The first kappa shape index (κ1) is 11.2. The van der Waals surface area contributed by atoms with Gasteiger partial charge < -0.3 is 10.2 Å². The monoisotopic (exact) mass is 241 g/mol. The minimum absolute atomic E-state index is 0.291. The molecule has 5 heteroatoms. The molecule has 0 radical (unpaired) electrons. The van der Waals surface area contributed by atoms with Crippen molar-refractivity contribution in [3.63, 3.8) is 0 Å². The van der Waals surface area contributed by atoms with Crippen LogP contribution in [0.3, 0.4) is 0 Å². The summed E-state index contributed by atoms with van der Waals surface area (Å²) in [5.41, 5.74) is 0.479. The second-order valence-corrected chi connectivity index (χ2v) is 4.09. The zero-order valence-electron chi connectivity index (χ0n) is 9.00. The summed E-state index contributed by atoms with van der Waals surface area (Å²) < 4.78 is 13.4. The number of nitrogens with one attached hydrogen (secondary N) is 1. The molecule has 1 aliphatic heterocycles. The molecular weight excluding hydrogens is 229 g/mol. The fourth-order valence-corrected chi connectivity index (χ4v) is 1.82. The number of rotatable bonds is 2. The molecule has 0 fully saturated rings. The molecule has 0 saturated carbocycles. The second kappa shape index (κ2) is 4.70. The molecule has 0 amide bonds. The molecule has 0 atom stereocenters. The summed E-state index contributed by atoms with van der Waals surface area (Å²) in [6, 6.07) is 4.69. The van der Waals surface area contributed by atoms with E-state index in [1.54, 1.807) is 12.1 Å². The summed E-state index contributed by atoms with van der Waals surface area (Å²) in [7, 11) is 1.95. The van der Waals surface area contributed by atoms with Crippen LogP contribution in [-0.2, 0) is 6.54 Å². The van der Waals surface area contributed by atoms with Crippen LogP contribution in [0.4, 0.5) is 4.39 Å². The number of nitrogens with zero attached hydrogens (tertiary/aromatic N) is 2. The molecule has 1 aromatic carbocycles. The molecule has 0 spiro atoms. The van der Waals surface area contributed by atoms with Gasteiger partial charge in [0.05, 0.1) is 6.54 Å². The number of halogens is 2. The lowest BCUT2D eigenvalue weighted by atomic mass is 10.2. The van der Waals surface area contributed by atoms with Gasteiger partial charge in [-0.3, -0.25) is 4.99 Å². The van der Waals surface area contributed by atoms with Crippen molar-refractivity contribution < 1.29 is 4.39 Å². The van der Waals surface area contributed by atoms with E-state index in [1.807, 2.05) is 11.9 Å². The first-order chi connectivity index (χ1) is 7.68. The smallest absolute Gasteiger partial charge is 0.194 e. The van der Waals surface area contributed by atoms with Gasteiger partial charge in [0.2, 0.25) is 0 Å². The number of hydrogen-bond acceptors (Lipinski definition) is 3. The van der Waals surface area contributed by atoms with Gasteiger partial charge in [0, 0.05) is 30.7 Å². The lowest BCUT2D eigenvalue weighted by Gasteiger charge is -2.15. The van der Waals surface area contributed by atoms with Crippen molar-refractivity contribution in [2.75, 3.05) is 20.1 Å². The molecule has 0 aromatic heterocycles. The van der Waals surface area contributed by atoms with Crippen LogP contribution in [0.1, 0.15) is 5.56 Å². The maximum absolute atomic E-state index is 13.4. The molecule has 1 aliphatic rings. The average molecular weight is 242 g/mol. The molecule has 16 heavy (non-hydrogen) atoms. The van der Waals surface area contributed by atoms with Crippen molar-refractivity contribution in [3.8, 4) is 0 Å². The highest BCUT2D eigenvalue weighted by molar-refractivity contribution is 6.31. The van der Waals surface area contributed by atoms with Gasteiger partial charge in [0.15, 0.2) is 5.96 Å². The van der Waals surface area contributed by atoms with E-state index in [2.05, 4.69) is 10.3 Å². The first-order valence-electron chi connectivity index (χ1n) is 5.11. The number of benzene rings is 1. The number of hydrogen-bond donors (Lipinski definition) is 1. The molecule has 1 N–H and O–H groups in total. The van der Waals surface area contributed by atoms with E-state index in [-0.39, 0.29) is 5.82 Å². The van der Waals surface area contributed by atoms with Crippen molar-refractivity contribution in [2.45, 2.75) is 6.54 Å². The Hall–Kier alpha value is -1.29. The SMILES string of the molecule is CN1CCN=C1NCc1c(F)cccc1Cl. The molecule has 3 nitrogen and oxygen atoms in total. The Morgan fingerprint density at radius 1 is 1.56 bits per heavy atom. The first-order valence-corrected chi connectivity index (χ1v) is 5.48. The number of aliphatic imine (C=N–C) groups is 1. The van der Waals surface area contributed by atoms with Gasteiger partial charge in [-0.05, 0) is 12.1 Å². The molecule has 1 aromatic rings. The van der Waals surface area contributed by atoms with Crippen molar-refractivity contribution in [1.29, 1.82) is 0 Å². The van der Waals surface area contributed by atoms with Crippen molar-refractivity contribution in [2.24, 2.45) is 4.99 Å². The fraction of sp³-hybridized carbons (Fsp3) is 0.364. The maximum Gasteiger partial charge on any atom is 0.194 e. The van der Waals surface area contributed by atoms with E-state index >= 15 is 0 Å². The van der Waals surface area contributed by atoms with Gasteiger partial charge >= 0.3 is 0 Å².